The molecule has 0 amide bonds. The Bertz CT molecular complexity index is 1680. The predicted octanol–water partition coefficient (Wildman–Crippen LogP) is 5.75. The van der Waals surface area contributed by atoms with Crippen LogP contribution in [0.25, 0.3) is 10.9 Å². The van der Waals surface area contributed by atoms with Gasteiger partial charge in [-0.2, -0.15) is 9.78 Å². The van der Waals surface area contributed by atoms with Crippen molar-refractivity contribution >= 4 is 44.7 Å². The van der Waals surface area contributed by atoms with Gasteiger partial charge in [0.25, 0.3) is 5.56 Å². The average Bonchev–Trinajstić information content (AvgIpc) is 2.95. The van der Waals surface area contributed by atoms with Gasteiger partial charge in [-0.15, -0.1) is 0 Å². The Morgan fingerprint density at radius 1 is 1.23 bits per heavy atom. The fourth-order valence-electron chi connectivity index (χ4n) is 3.92. The van der Waals surface area contributed by atoms with Gasteiger partial charge in [-0.25, -0.2) is 9.78 Å². The largest absolute Gasteiger partial charge is 0.493 e. The van der Waals surface area contributed by atoms with Crippen molar-refractivity contribution in [3.05, 3.63) is 102 Å². The fourth-order valence-corrected chi connectivity index (χ4v) is 4.28. The number of aromatic carboxylic acids is 1. The maximum atomic E-state index is 13.4. The van der Waals surface area contributed by atoms with Gasteiger partial charge in [0.15, 0.2) is 5.75 Å². The number of hydrogen-bond donors (Lipinski definition) is 1. The molecule has 3 aromatic carbocycles. The van der Waals surface area contributed by atoms with E-state index >= 15 is 0 Å². The summed E-state index contributed by atoms with van der Waals surface area (Å²) >= 11 is 3.38. The molecule has 1 aromatic heterocycles. The molecule has 0 bridgehead atoms. The van der Waals surface area contributed by atoms with E-state index in [1.165, 1.54) is 42.3 Å². The van der Waals surface area contributed by atoms with Gasteiger partial charge in [-0.05, 0) is 48.4 Å². The van der Waals surface area contributed by atoms with E-state index in [-0.39, 0.29) is 40.8 Å². The first-order valence-corrected chi connectivity index (χ1v) is 13.0. The third-order valence-corrected chi connectivity index (χ3v) is 6.76. The number of halogens is 1. The number of carboxylic acid groups (broad SMARTS) is 1. The van der Waals surface area contributed by atoms with Crippen LogP contribution < -0.4 is 15.0 Å². The molecule has 0 fully saturated rings. The number of nitro groups is 1. The van der Waals surface area contributed by atoms with E-state index in [2.05, 4.69) is 26.0 Å². The summed E-state index contributed by atoms with van der Waals surface area (Å²) in [6, 6.07) is 14.0. The summed E-state index contributed by atoms with van der Waals surface area (Å²) in [6.07, 6.45) is 2.05. The summed E-state index contributed by atoms with van der Waals surface area (Å²) in [5, 5.41) is 25.8. The molecule has 206 valence electrons. The number of aromatic nitrogens is 2. The molecule has 11 nitrogen and oxygen atoms in total. The van der Waals surface area contributed by atoms with Crippen molar-refractivity contribution in [2.75, 3.05) is 7.11 Å². The van der Waals surface area contributed by atoms with Crippen molar-refractivity contribution in [1.29, 1.82) is 0 Å². The minimum Gasteiger partial charge on any atom is -0.493 e. The Hall–Kier alpha value is -4.58. The summed E-state index contributed by atoms with van der Waals surface area (Å²) in [7, 11) is 1.35. The summed E-state index contributed by atoms with van der Waals surface area (Å²) < 4.78 is 13.1. The van der Waals surface area contributed by atoms with Crippen LogP contribution >= 0.6 is 15.9 Å². The van der Waals surface area contributed by atoms with Gasteiger partial charge in [0.05, 0.1) is 34.7 Å². The first-order valence-electron chi connectivity index (χ1n) is 12.2. The molecule has 0 aliphatic carbocycles. The molecule has 0 spiro atoms. The molecular weight excluding hydrogens is 584 g/mol. The molecule has 4 rings (SSSR count). The summed E-state index contributed by atoms with van der Waals surface area (Å²) in [5.41, 5.74) is 0.843. The Kier molecular flexibility index (Phi) is 8.58. The van der Waals surface area contributed by atoms with Gasteiger partial charge >= 0.3 is 11.7 Å². The smallest absolute Gasteiger partial charge is 0.335 e. The Labute approximate surface area is 237 Å². The molecule has 1 atom stereocenters. The van der Waals surface area contributed by atoms with Crippen molar-refractivity contribution < 1.29 is 24.3 Å². The van der Waals surface area contributed by atoms with Crippen LogP contribution in [0.5, 0.6) is 11.5 Å². The highest BCUT2D eigenvalue weighted by Gasteiger charge is 2.23. The molecule has 0 saturated heterocycles. The van der Waals surface area contributed by atoms with Crippen LogP contribution in [0.15, 0.2) is 69.0 Å². The van der Waals surface area contributed by atoms with E-state index in [1.54, 1.807) is 24.3 Å². The normalized spacial score (nSPS) is 12.0. The van der Waals surface area contributed by atoms with Crippen LogP contribution in [0, 0.1) is 10.1 Å². The molecule has 0 aliphatic rings. The number of hydrogen-bond acceptors (Lipinski definition) is 8. The number of ether oxygens (including phenoxy) is 2. The molecule has 4 aromatic rings. The molecule has 0 saturated carbocycles. The zero-order valence-electron chi connectivity index (χ0n) is 21.8. The zero-order chi connectivity index (χ0) is 29.0. The number of nitro benzene ring substituents is 1. The topological polar surface area (TPSA) is 146 Å². The molecule has 40 heavy (non-hydrogen) atoms. The average molecular weight is 609 g/mol. The number of nitrogens with zero attached hydrogens (tertiary/aromatic N) is 4. The molecule has 12 heteroatoms. The van der Waals surface area contributed by atoms with Crippen LogP contribution in [0.2, 0.25) is 0 Å². The maximum Gasteiger partial charge on any atom is 0.335 e. The standard InChI is InChI=1S/C28H25BrN4O7/c1-4-16(2)26-31-22-10-9-20(29)13-21(22)27(34)32(26)30-14-18-11-23(33(37)38)25(24(12-18)39-3)40-15-17-5-7-19(8-6-17)28(35)36/h5-14,16H,4,15H2,1-3H3,(H,35,36)/t16-/m0/s1. The minimum atomic E-state index is -1.06. The Balaban J connectivity index is 1.73. The van der Waals surface area contributed by atoms with Gasteiger partial charge in [-0.1, -0.05) is 41.9 Å². The quantitative estimate of drug-likeness (QED) is 0.136. The number of carbonyl (C=O) groups is 1. The van der Waals surface area contributed by atoms with Crippen molar-refractivity contribution in [2.24, 2.45) is 5.10 Å². The Morgan fingerprint density at radius 2 is 1.95 bits per heavy atom. The fraction of sp³-hybridized carbons (Fsp3) is 0.214. The number of rotatable bonds is 10. The van der Waals surface area contributed by atoms with Crippen LogP contribution in [0.3, 0.4) is 0 Å². The monoisotopic (exact) mass is 608 g/mol. The highest BCUT2D eigenvalue weighted by Crippen LogP contribution is 2.38. The van der Waals surface area contributed by atoms with Crippen molar-refractivity contribution in [1.82, 2.24) is 9.66 Å². The maximum absolute atomic E-state index is 13.4. The van der Waals surface area contributed by atoms with Gasteiger partial charge in [0.2, 0.25) is 5.75 Å². The predicted molar refractivity (Wildman–Crippen MR) is 153 cm³/mol. The molecular formula is C28H25BrN4O7. The van der Waals surface area contributed by atoms with Crippen LogP contribution in [-0.2, 0) is 6.61 Å². The third-order valence-electron chi connectivity index (χ3n) is 6.27. The number of benzene rings is 3. The summed E-state index contributed by atoms with van der Waals surface area (Å²) in [5.74, 6) is -0.682. The van der Waals surface area contributed by atoms with Crippen LogP contribution in [0.4, 0.5) is 5.69 Å². The zero-order valence-corrected chi connectivity index (χ0v) is 23.4. The van der Waals surface area contributed by atoms with E-state index < -0.39 is 10.9 Å². The molecule has 1 heterocycles. The van der Waals surface area contributed by atoms with E-state index in [0.29, 0.717) is 34.3 Å². The molecule has 0 unspecified atom stereocenters. The van der Waals surface area contributed by atoms with Gasteiger partial charge < -0.3 is 14.6 Å². The summed E-state index contributed by atoms with van der Waals surface area (Å²) in [4.78, 5) is 40.5. The number of fused-ring (bicyclic) bond motifs is 1. The van der Waals surface area contributed by atoms with Crippen LogP contribution in [0.1, 0.15) is 53.5 Å². The first-order chi connectivity index (χ1) is 19.1. The van der Waals surface area contributed by atoms with Crippen molar-refractivity contribution in [2.45, 2.75) is 32.8 Å². The first kappa shape index (κ1) is 28.4. The lowest BCUT2D eigenvalue weighted by molar-refractivity contribution is -0.386. The molecule has 1 N–H and O–H groups in total. The van der Waals surface area contributed by atoms with E-state index in [0.717, 1.165) is 4.47 Å². The lowest BCUT2D eigenvalue weighted by Crippen LogP contribution is -2.23. The van der Waals surface area contributed by atoms with Gasteiger partial charge in [0.1, 0.15) is 12.4 Å². The van der Waals surface area contributed by atoms with E-state index in [4.69, 9.17) is 14.6 Å². The molecule has 0 radical (unpaired) electrons. The van der Waals surface area contributed by atoms with Crippen LogP contribution in [-0.4, -0.2) is 39.0 Å². The lowest BCUT2D eigenvalue weighted by atomic mass is 10.1. The van der Waals surface area contributed by atoms with E-state index in [1.807, 2.05) is 19.9 Å². The Morgan fingerprint density at radius 3 is 2.58 bits per heavy atom. The third kappa shape index (κ3) is 6.01. The van der Waals surface area contributed by atoms with Gasteiger partial charge in [0, 0.05) is 22.0 Å². The number of carboxylic acids is 1. The summed E-state index contributed by atoms with van der Waals surface area (Å²) in [6.45, 7) is 3.86. The van der Waals surface area contributed by atoms with Crippen molar-refractivity contribution in [3.8, 4) is 11.5 Å². The van der Waals surface area contributed by atoms with E-state index in [9.17, 15) is 19.7 Å². The van der Waals surface area contributed by atoms with Crippen molar-refractivity contribution in [3.63, 3.8) is 0 Å². The minimum absolute atomic E-state index is 0.0590. The SMILES string of the molecule is CC[C@H](C)c1nc2ccc(Br)cc2c(=O)n1N=Cc1cc(OC)c(OCc2ccc(C(=O)O)cc2)c([N+](=O)[O-])c1. The van der Waals surface area contributed by atoms with Gasteiger partial charge in [-0.3, -0.25) is 14.9 Å². The molecule has 0 aliphatic heterocycles. The second kappa shape index (κ2) is 12.1. The highest BCUT2D eigenvalue weighted by atomic mass is 79.9. The lowest BCUT2D eigenvalue weighted by Gasteiger charge is -2.14. The second-order valence-corrected chi connectivity index (χ2v) is 9.84. The highest BCUT2D eigenvalue weighted by molar-refractivity contribution is 9.10. The second-order valence-electron chi connectivity index (χ2n) is 8.92. The number of methoxy groups -OCH3 is 1.